The average molecular weight is 409 g/mol. The molecule has 0 saturated carbocycles. The van der Waals surface area contributed by atoms with Crippen LogP contribution in [0.1, 0.15) is 42.4 Å². The van der Waals surface area contributed by atoms with Gasteiger partial charge in [0.1, 0.15) is 17.3 Å². The molecule has 1 heterocycles. The van der Waals surface area contributed by atoms with Crippen molar-refractivity contribution in [3.8, 4) is 5.75 Å². The molecule has 0 unspecified atom stereocenters. The van der Waals surface area contributed by atoms with E-state index in [1.165, 1.54) is 30.5 Å². The van der Waals surface area contributed by atoms with E-state index in [4.69, 9.17) is 4.74 Å². The van der Waals surface area contributed by atoms with E-state index < -0.39 is 17.5 Å². The van der Waals surface area contributed by atoms with Gasteiger partial charge in [0.05, 0.1) is 11.8 Å². The Kier molecular flexibility index (Phi) is 6.01. The van der Waals surface area contributed by atoms with Crippen LogP contribution in [0.4, 0.5) is 10.2 Å². The van der Waals surface area contributed by atoms with Gasteiger partial charge in [-0.05, 0) is 54.1 Å². The fraction of sp³-hybridized carbons (Fsp3) is 0.190. The number of carbonyl (C=O) groups is 1. The Bertz CT molecular complexity index is 1120. The molecule has 0 bridgehead atoms. The van der Waals surface area contributed by atoms with Gasteiger partial charge < -0.3 is 4.74 Å². The van der Waals surface area contributed by atoms with Crippen molar-refractivity contribution in [1.29, 1.82) is 0 Å². The van der Waals surface area contributed by atoms with E-state index in [-0.39, 0.29) is 16.8 Å². The molecule has 0 amide bonds. The smallest absolute Gasteiger partial charge is 0.363 e. The third-order valence-electron chi connectivity index (χ3n) is 3.97. The topological polar surface area (TPSA) is 109 Å². The minimum Gasteiger partial charge on any atom is -0.423 e. The van der Waals surface area contributed by atoms with Crippen LogP contribution in [0.3, 0.4) is 0 Å². The molecule has 154 valence electrons. The summed E-state index contributed by atoms with van der Waals surface area (Å²) in [6.07, 6.45) is 1.53. The van der Waals surface area contributed by atoms with E-state index in [9.17, 15) is 14.0 Å². The second kappa shape index (κ2) is 8.64. The standard InChI is InChI=1S/C21H20FN5O3/c1-21(2,3)17-18(24-20(29)27-25-17)26-23-12-13-4-10-16(11-5-13)30-19(28)14-6-8-15(22)9-7-14/h4-12H,1-3H3,(H2,24,26,27,29)/b23-12+. The molecule has 0 radical (unpaired) electrons. The maximum absolute atomic E-state index is 12.9. The lowest BCUT2D eigenvalue weighted by Gasteiger charge is -2.18. The first-order valence-corrected chi connectivity index (χ1v) is 9.06. The molecule has 0 aliphatic heterocycles. The van der Waals surface area contributed by atoms with E-state index in [1.807, 2.05) is 20.8 Å². The quantitative estimate of drug-likeness (QED) is 0.290. The number of rotatable bonds is 5. The van der Waals surface area contributed by atoms with Crippen molar-refractivity contribution in [1.82, 2.24) is 15.2 Å². The summed E-state index contributed by atoms with van der Waals surface area (Å²) in [6, 6.07) is 11.7. The number of aromatic amines is 1. The molecule has 2 N–H and O–H groups in total. The number of aromatic nitrogens is 3. The van der Waals surface area contributed by atoms with Gasteiger partial charge in [-0.2, -0.15) is 15.2 Å². The van der Waals surface area contributed by atoms with Gasteiger partial charge in [-0.15, -0.1) is 0 Å². The monoisotopic (exact) mass is 409 g/mol. The number of halogens is 1. The summed E-state index contributed by atoms with van der Waals surface area (Å²) < 4.78 is 18.2. The summed E-state index contributed by atoms with van der Waals surface area (Å²) in [7, 11) is 0. The Morgan fingerprint density at radius 3 is 2.43 bits per heavy atom. The molecule has 0 aliphatic carbocycles. The maximum atomic E-state index is 12.9. The highest BCUT2D eigenvalue weighted by Crippen LogP contribution is 2.24. The fourth-order valence-electron chi connectivity index (χ4n) is 2.48. The van der Waals surface area contributed by atoms with E-state index >= 15 is 0 Å². The van der Waals surface area contributed by atoms with Crippen LogP contribution in [0.15, 0.2) is 58.4 Å². The Balaban J connectivity index is 1.66. The van der Waals surface area contributed by atoms with Crippen LogP contribution < -0.4 is 15.9 Å². The van der Waals surface area contributed by atoms with Crippen LogP contribution in [0.25, 0.3) is 0 Å². The molecule has 2 aromatic carbocycles. The number of benzene rings is 2. The molecular weight excluding hydrogens is 389 g/mol. The number of carbonyl (C=O) groups excluding carboxylic acids is 1. The average Bonchev–Trinajstić information content (AvgIpc) is 2.69. The zero-order valence-electron chi connectivity index (χ0n) is 16.6. The van der Waals surface area contributed by atoms with Gasteiger partial charge in [-0.25, -0.2) is 19.1 Å². The second-order valence-corrected chi connectivity index (χ2v) is 7.42. The third kappa shape index (κ3) is 5.34. The number of anilines is 1. The summed E-state index contributed by atoms with van der Waals surface area (Å²) in [5.74, 6) is -0.401. The molecule has 3 rings (SSSR count). The van der Waals surface area contributed by atoms with Crippen molar-refractivity contribution >= 4 is 18.0 Å². The summed E-state index contributed by atoms with van der Waals surface area (Å²) in [4.78, 5) is 27.4. The Morgan fingerprint density at radius 2 is 1.80 bits per heavy atom. The van der Waals surface area contributed by atoms with E-state index in [1.54, 1.807) is 24.3 Å². The van der Waals surface area contributed by atoms with Crippen molar-refractivity contribution in [3.05, 3.63) is 81.7 Å². The summed E-state index contributed by atoms with van der Waals surface area (Å²) in [5.41, 5.74) is 3.37. The number of nitrogens with one attached hydrogen (secondary N) is 2. The highest BCUT2D eigenvalue weighted by molar-refractivity contribution is 5.91. The van der Waals surface area contributed by atoms with Crippen LogP contribution in [-0.4, -0.2) is 27.4 Å². The molecule has 8 nitrogen and oxygen atoms in total. The number of nitrogens with zero attached hydrogens (tertiary/aromatic N) is 3. The Labute approximate surface area is 171 Å². The van der Waals surface area contributed by atoms with Crippen LogP contribution in [-0.2, 0) is 5.41 Å². The largest absolute Gasteiger partial charge is 0.423 e. The fourth-order valence-corrected chi connectivity index (χ4v) is 2.48. The van der Waals surface area contributed by atoms with Crippen LogP contribution in [0.5, 0.6) is 5.75 Å². The van der Waals surface area contributed by atoms with Crippen molar-refractivity contribution in [2.24, 2.45) is 5.10 Å². The first kappa shape index (κ1) is 20.8. The van der Waals surface area contributed by atoms with Crippen molar-refractivity contribution < 1.29 is 13.9 Å². The Hall–Kier alpha value is -3.88. The zero-order chi connectivity index (χ0) is 21.7. The number of H-pyrrole nitrogens is 1. The van der Waals surface area contributed by atoms with E-state index in [0.717, 1.165) is 5.56 Å². The van der Waals surface area contributed by atoms with Gasteiger partial charge in [-0.3, -0.25) is 5.43 Å². The maximum Gasteiger partial charge on any atom is 0.363 e. The van der Waals surface area contributed by atoms with Gasteiger partial charge in [0.2, 0.25) is 0 Å². The van der Waals surface area contributed by atoms with Crippen molar-refractivity contribution in [2.75, 3.05) is 5.43 Å². The zero-order valence-corrected chi connectivity index (χ0v) is 16.6. The predicted molar refractivity (Wildman–Crippen MR) is 110 cm³/mol. The first-order chi connectivity index (χ1) is 14.2. The number of hydrogen-bond donors (Lipinski definition) is 2. The third-order valence-corrected chi connectivity index (χ3v) is 3.97. The molecule has 0 atom stereocenters. The molecular formula is C21H20FN5O3. The molecule has 0 saturated heterocycles. The van der Waals surface area contributed by atoms with Crippen LogP contribution in [0.2, 0.25) is 0 Å². The molecule has 0 fully saturated rings. The molecule has 0 spiro atoms. The number of esters is 1. The van der Waals surface area contributed by atoms with E-state index in [0.29, 0.717) is 11.4 Å². The van der Waals surface area contributed by atoms with Gasteiger partial charge in [0.15, 0.2) is 5.82 Å². The lowest BCUT2D eigenvalue weighted by atomic mass is 9.92. The number of hydrazone groups is 1. The van der Waals surface area contributed by atoms with Crippen LogP contribution in [0, 0.1) is 5.82 Å². The summed E-state index contributed by atoms with van der Waals surface area (Å²) >= 11 is 0. The molecule has 3 aromatic rings. The molecule has 0 aliphatic rings. The van der Waals surface area contributed by atoms with E-state index in [2.05, 4.69) is 25.7 Å². The molecule has 30 heavy (non-hydrogen) atoms. The van der Waals surface area contributed by atoms with Gasteiger partial charge in [-0.1, -0.05) is 20.8 Å². The lowest BCUT2D eigenvalue weighted by Crippen LogP contribution is -2.24. The normalized spacial score (nSPS) is 11.5. The SMILES string of the molecule is CC(C)(C)c1n[nH]c(=O)nc1N/N=C/c1ccc(OC(=O)c2ccc(F)cc2)cc1. The second-order valence-electron chi connectivity index (χ2n) is 7.42. The van der Waals surface area contributed by atoms with Gasteiger partial charge in [0, 0.05) is 5.41 Å². The summed E-state index contributed by atoms with van der Waals surface area (Å²) in [5, 5.41) is 10.5. The van der Waals surface area contributed by atoms with Crippen molar-refractivity contribution in [2.45, 2.75) is 26.2 Å². The minimum absolute atomic E-state index is 0.250. The van der Waals surface area contributed by atoms with Gasteiger partial charge >= 0.3 is 11.7 Å². The highest BCUT2D eigenvalue weighted by Gasteiger charge is 2.21. The van der Waals surface area contributed by atoms with Gasteiger partial charge in [0.25, 0.3) is 0 Å². The molecule has 1 aromatic heterocycles. The Morgan fingerprint density at radius 1 is 1.13 bits per heavy atom. The number of ether oxygens (including phenoxy) is 1. The number of hydrogen-bond acceptors (Lipinski definition) is 7. The first-order valence-electron chi connectivity index (χ1n) is 9.06. The highest BCUT2D eigenvalue weighted by atomic mass is 19.1. The minimum atomic E-state index is -0.583. The lowest BCUT2D eigenvalue weighted by molar-refractivity contribution is 0.0734. The predicted octanol–water partition coefficient (Wildman–Crippen LogP) is 3.27. The summed E-state index contributed by atoms with van der Waals surface area (Å²) in [6.45, 7) is 5.82. The van der Waals surface area contributed by atoms with Crippen LogP contribution >= 0.6 is 0 Å². The van der Waals surface area contributed by atoms with Crippen molar-refractivity contribution in [3.63, 3.8) is 0 Å². The molecule has 9 heteroatoms.